The predicted molar refractivity (Wildman–Crippen MR) is 78.6 cm³/mol. The van der Waals surface area contributed by atoms with Gasteiger partial charge in [-0.1, -0.05) is 11.8 Å². The van der Waals surface area contributed by atoms with E-state index in [0.717, 1.165) is 41.3 Å². The van der Waals surface area contributed by atoms with Gasteiger partial charge in [0.25, 0.3) is 0 Å². The molecule has 0 saturated heterocycles. The van der Waals surface area contributed by atoms with Crippen molar-refractivity contribution in [3.05, 3.63) is 17.1 Å². The average Bonchev–Trinajstić information content (AvgIpc) is 3.12. The van der Waals surface area contributed by atoms with Gasteiger partial charge in [-0.3, -0.25) is 9.36 Å². The molecule has 2 heterocycles. The summed E-state index contributed by atoms with van der Waals surface area (Å²) >= 11 is 1.22. The lowest BCUT2D eigenvalue weighted by Gasteiger charge is -2.08. The van der Waals surface area contributed by atoms with Crippen molar-refractivity contribution in [3.8, 4) is 11.4 Å². The molecule has 3 rings (SSSR count). The number of hydrogen-bond acceptors (Lipinski definition) is 5. The van der Waals surface area contributed by atoms with Crippen LogP contribution >= 0.6 is 11.8 Å². The van der Waals surface area contributed by atoms with Gasteiger partial charge in [-0.25, -0.2) is 0 Å². The Hall–Kier alpha value is -1.76. The summed E-state index contributed by atoms with van der Waals surface area (Å²) in [5.41, 5.74) is 2.05. The van der Waals surface area contributed by atoms with Crippen LogP contribution in [-0.2, 0) is 4.79 Å². The molecule has 1 aliphatic carbocycles. The first-order valence-corrected chi connectivity index (χ1v) is 7.84. The van der Waals surface area contributed by atoms with Crippen molar-refractivity contribution in [2.75, 3.05) is 5.75 Å². The summed E-state index contributed by atoms with van der Waals surface area (Å²) in [5.74, 6) is 1.64. The first-order chi connectivity index (χ1) is 9.99. The Morgan fingerprint density at radius 1 is 1.33 bits per heavy atom. The summed E-state index contributed by atoms with van der Waals surface area (Å²) < 4.78 is 7.75. The first kappa shape index (κ1) is 14.2. The van der Waals surface area contributed by atoms with Crippen LogP contribution in [0.3, 0.4) is 0 Å². The van der Waals surface area contributed by atoms with Gasteiger partial charge in [0.2, 0.25) is 0 Å². The summed E-state index contributed by atoms with van der Waals surface area (Å²) in [6.07, 6.45) is 2.17. The SMILES string of the molecule is Cc1oc(C)c(-c2nnc(SCC(=O)O)n2C2CC2)c1C. The Bertz CT molecular complexity index is 701. The van der Waals surface area contributed by atoms with Gasteiger partial charge in [0.05, 0.1) is 11.3 Å². The molecule has 6 nitrogen and oxygen atoms in total. The maximum Gasteiger partial charge on any atom is 0.313 e. The number of nitrogens with zero attached hydrogens (tertiary/aromatic N) is 3. The first-order valence-electron chi connectivity index (χ1n) is 6.85. The minimum Gasteiger partial charge on any atom is -0.481 e. The van der Waals surface area contributed by atoms with Crippen LogP contribution in [-0.4, -0.2) is 31.6 Å². The lowest BCUT2D eigenvalue weighted by Crippen LogP contribution is -2.03. The van der Waals surface area contributed by atoms with Gasteiger partial charge in [-0.2, -0.15) is 0 Å². The Balaban J connectivity index is 2.04. The third kappa shape index (κ3) is 2.57. The molecule has 0 bridgehead atoms. The van der Waals surface area contributed by atoms with E-state index in [4.69, 9.17) is 9.52 Å². The lowest BCUT2D eigenvalue weighted by molar-refractivity contribution is -0.133. The molecule has 0 unspecified atom stereocenters. The number of rotatable bonds is 5. The molecule has 0 aromatic carbocycles. The fourth-order valence-corrected chi connectivity index (χ4v) is 3.18. The van der Waals surface area contributed by atoms with Crippen molar-refractivity contribution in [2.45, 2.75) is 44.8 Å². The zero-order chi connectivity index (χ0) is 15.1. The maximum absolute atomic E-state index is 10.8. The lowest BCUT2D eigenvalue weighted by atomic mass is 10.1. The minimum absolute atomic E-state index is 0.00671. The van der Waals surface area contributed by atoms with E-state index < -0.39 is 5.97 Å². The molecule has 21 heavy (non-hydrogen) atoms. The number of carboxylic acid groups (broad SMARTS) is 1. The number of carboxylic acids is 1. The summed E-state index contributed by atoms with van der Waals surface area (Å²) in [6.45, 7) is 5.87. The molecule has 0 atom stereocenters. The molecule has 1 saturated carbocycles. The monoisotopic (exact) mass is 307 g/mol. The fourth-order valence-electron chi connectivity index (χ4n) is 2.46. The molecule has 1 aliphatic rings. The van der Waals surface area contributed by atoms with E-state index in [0.29, 0.717) is 11.2 Å². The van der Waals surface area contributed by atoms with Crippen molar-refractivity contribution >= 4 is 17.7 Å². The summed E-state index contributed by atoms with van der Waals surface area (Å²) in [5, 5.41) is 18.0. The Kier molecular flexibility index (Phi) is 3.52. The number of hydrogen-bond donors (Lipinski definition) is 1. The Labute approximate surface area is 126 Å². The van der Waals surface area contributed by atoms with Gasteiger partial charge in [-0.15, -0.1) is 10.2 Å². The summed E-state index contributed by atoms with van der Waals surface area (Å²) in [7, 11) is 0. The third-order valence-corrected chi connectivity index (χ3v) is 4.61. The van der Waals surface area contributed by atoms with Crippen molar-refractivity contribution < 1.29 is 14.3 Å². The van der Waals surface area contributed by atoms with Gasteiger partial charge < -0.3 is 9.52 Å². The van der Waals surface area contributed by atoms with Crippen LogP contribution in [0.15, 0.2) is 9.57 Å². The van der Waals surface area contributed by atoms with E-state index in [-0.39, 0.29) is 5.75 Å². The molecule has 0 spiro atoms. The van der Waals surface area contributed by atoms with E-state index in [1.807, 2.05) is 20.8 Å². The van der Waals surface area contributed by atoms with E-state index in [1.165, 1.54) is 11.8 Å². The van der Waals surface area contributed by atoms with Gasteiger partial charge in [0, 0.05) is 11.6 Å². The fraction of sp³-hybridized carbons (Fsp3) is 0.500. The van der Waals surface area contributed by atoms with E-state index in [1.54, 1.807) is 0 Å². The maximum atomic E-state index is 10.8. The molecule has 112 valence electrons. The summed E-state index contributed by atoms with van der Waals surface area (Å²) in [4.78, 5) is 10.8. The van der Waals surface area contributed by atoms with E-state index in [2.05, 4.69) is 14.8 Å². The number of carbonyl (C=O) groups is 1. The third-order valence-electron chi connectivity index (χ3n) is 3.69. The van der Waals surface area contributed by atoms with Crippen molar-refractivity contribution in [3.63, 3.8) is 0 Å². The molecule has 2 aromatic rings. The van der Waals surface area contributed by atoms with Crippen LogP contribution in [0.2, 0.25) is 0 Å². The Morgan fingerprint density at radius 2 is 2.05 bits per heavy atom. The molecule has 1 N–H and O–H groups in total. The molecule has 0 amide bonds. The van der Waals surface area contributed by atoms with Gasteiger partial charge in [-0.05, 0) is 33.6 Å². The molecule has 1 fully saturated rings. The number of aryl methyl sites for hydroxylation is 2. The van der Waals surface area contributed by atoms with Crippen LogP contribution in [0.5, 0.6) is 0 Å². The zero-order valence-corrected chi connectivity index (χ0v) is 13.0. The number of furan rings is 1. The molecular formula is C14H17N3O3S. The number of aliphatic carboxylic acids is 1. The van der Waals surface area contributed by atoms with Crippen molar-refractivity contribution in [1.82, 2.24) is 14.8 Å². The van der Waals surface area contributed by atoms with E-state index in [9.17, 15) is 4.79 Å². The molecular weight excluding hydrogens is 290 g/mol. The van der Waals surface area contributed by atoms with E-state index >= 15 is 0 Å². The van der Waals surface area contributed by atoms with Crippen LogP contribution in [0, 0.1) is 20.8 Å². The topological polar surface area (TPSA) is 81.2 Å². The second-order valence-corrected chi connectivity index (χ2v) is 6.25. The molecule has 0 radical (unpaired) electrons. The quantitative estimate of drug-likeness (QED) is 0.855. The number of aromatic nitrogens is 3. The predicted octanol–water partition coefficient (Wildman–Crippen LogP) is 2.97. The largest absolute Gasteiger partial charge is 0.481 e. The zero-order valence-electron chi connectivity index (χ0n) is 12.2. The van der Waals surface area contributed by atoms with Crippen molar-refractivity contribution in [1.29, 1.82) is 0 Å². The smallest absolute Gasteiger partial charge is 0.313 e. The highest BCUT2D eigenvalue weighted by Gasteiger charge is 2.32. The van der Waals surface area contributed by atoms with Crippen LogP contribution in [0.1, 0.15) is 36.0 Å². The van der Waals surface area contributed by atoms with Crippen LogP contribution < -0.4 is 0 Å². The molecule has 0 aliphatic heterocycles. The van der Waals surface area contributed by atoms with Crippen molar-refractivity contribution in [2.24, 2.45) is 0 Å². The minimum atomic E-state index is -0.849. The highest BCUT2D eigenvalue weighted by Crippen LogP contribution is 2.42. The van der Waals surface area contributed by atoms with Gasteiger partial charge in [0.15, 0.2) is 11.0 Å². The van der Waals surface area contributed by atoms with Gasteiger partial charge in [0.1, 0.15) is 11.5 Å². The average molecular weight is 307 g/mol. The highest BCUT2D eigenvalue weighted by atomic mass is 32.2. The van der Waals surface area contributed by atoms with Crippen LogP contribution in [0.25, 0.3) is 11.4 Å². The summed E-state index contributed by atoms with van der Waals surface area (Å²) in [6, 6.07) is 0.375. The normalized spacial score (nSPS) is 14.6. The highest BCUT2D eigenvalue weighted by molar-refractivity contribution is 7.99. The second-order valence-electron chi connectivity index (χ2n) is 5.30. The molecule has 2 aromatic heterocycles. The number of thioether (sulfide) groups is 1. The van der Waals surface area contributed by atoms with Gasteiger partial charge >= 0.3 is 5.97 Å². The Morgan fingerprint density at radius 3 is 2.57 bits per heavy atom. The van der Waals surface area contributed by atoms with Crippen LogP contribution in [0.4, 0.5) is 0 Å². The standard InChI is InChI=1S/C14H17N3O3S/c1-7-8(2)20-9(3)12(7)13-15-16-14(21-6-11(18)19)17(13)10-4-5-10/h10H,4-6H2,1-3H3,(H,18,19). The second kappa shape index (κ2) is 5.22. The molecule has 7 heteroatoms.